The van der Waals surface area contributed by atoms with Gasteiger partial charge < -0.3 is 14.6 Å². The average molecular weight is 418 g/mol. The lowest BCUT2D eigenvalue weighted by molar-refractivity contribution is -0.116. The van der Waals surface area contributed by atoms with Gasteiger partial charge in [-0.1, -0.05) is 26.8 Å². The summed E-state index contributed by atoms with van der Waals surface area (Å²) in [6.45, 7) is 14.5. The summed E-state index contributed by atoms with van der Waals surface area (Å²) in [6, 6.07) is 11.4. The second-order valence-corrected chi connectivity index (χ2v) is 10.4. The van der Waals surface area contributed by atoms with Gasteiger partial charge in [0.2, 0.25) is 0 Å². The molecule has 0 atom stereocenters. The van der Waals surface area contributed by atoms with Crippen molar-refractivity contribution in [1.29, 1.82) is 0 Å². The number of ether oxygens (including phenoxy) is 1. The van der Waals surface area contributed by atoms with E-state index in [4.69, 9.17) is 4.74 Å². The molecule has 1 aromatic carbocycles. The van der Waals surface area contributed by atoms with Gasteiger partial charge in [0.25, 0.3) is 0 Å². The maximum Gasteiger partial charge on any atom is 0.0554 e. The Morgan fingerprint density at radius 2 is 1.94 bits per heavy atom. The molecule has 0 spiro atoms. The van der Waals surface area contributed by atoms with Gasteiger partial charge >= 0.3 is 0 Å². The highest BCUT2D eigenvalue weighted by Gasteiger charge is 2.36. The molecule has 2 aromatic heterocycles. The molecule has 31 heavy (non-hydrogen) atoms. The third kappa shape index (κ3) is 4.04. The fraction of sp³-hybridized carbons (Fsp3) is 0.519. The third-order valence-corrected chi connectivity index (χ3v) is 7.19. The van der Waals surface area contributed by atoms with Crippen molar-refractivity contribution < 1.29 is 4.74 Å². The Kier molecular flexibility index (Phi) is 5.39. The van der Waals surface area contributed by atoms with Crippen LogP contribution in [0.4, 0.5) is 0 Å². The van der Waals surface area contributed by atoms with Crippen LogP contribution in [0, 0.1) is 12.3 Å². The van der Waals surface area contributed by atoms with Gasteiger partial charge in [-0.3, -0.25) is 4.98 Å². The van der Waals surface area contributed by atoms with E-state index in [0.717, 1.165) is 18.9 Å². The van der Waals surface area contributed by atoms with Crippen molar-refractivity contribution in [3.8, 4) is 11.3 Å². The topological polar surface area (TPSA) is 41.2 Å². The molecule has 3 aromatic rings. The molecule has 0 amide bonds. The maximum atomic E-state index is 5.45. The van der Waals surface area contributed by atoms with E-state index in [2.05, 4.69) is 72.9 Å². The fourth-order valence-electron chi connectivity index (χ4n) is 5.52. The summed E-state index contributed by atoms with van der Waals surface area (Å²) in [7, 11) is 0. The van der Waals surface area contributed by atoms with Crippen molar-refractivity contribution in [3.63, 3.8) is 0 Å². The fourth-order valence-corrected chi connectivity index (χ4v) is 5.52. The minimum Gasteiger partial charge on any atom is -0.380 e. The number of likely N-dealkylation sites (tertiary alicyclic amines) is 1. The number of hydrogen-bond acceptors (Lipinski definition) is 3. The van der Waals surface area contributed by atoms with E-state index in [-0.39, 0.29) is 0 Å². The van der Waals surface area contributed by atoms with Crippen LogP contribution >= 0.6 is 0 Å². The standard InChI is InChI=1S/C27H35N3O/c1-18(2)25-23-14-21(20-8-11-30(12-9-20)15-27(4)16-31-17-27)5-6-24(23)29-26(25)22-7-10-28-19(3)13-22/h5-7,10,13-14,18,20,29H,8-9,11-12,15-17H2,1-4H3. The van der Waals surface area contributed by atoms with Gasteiger partial charge in [0.05, 0.1) is 18.9 Å². The Hall–Kier alpha value is -2.17. The summed E-state index contributed by atoms with van der Waals surface area (Å²) in [5.41, 5.74) is 8.09. The number of fused-ring (bicyclic) bond motifs is 1. The minimum absolute atomic E-state index is 0.380. The van der Waals surface area contributed by atoms with Crippen molar-refractivity contribution in [2.45, 2.75) is 52.4 Å². The van der Waals surface area contributed by atoms with E-state index in [9.17, 15) is 0 Å². The summed E-state index contributed by atoms with van der Waals surface area (Å²) >= 11 is 0. The molecule has 2 saturated heterocycles. The monoisotopic (exact) mass is 417 g/mol. The van der Waals surface area contributed by atoms with Crippen molar-refractivity contribution in [2.75, 3.05) is 32.8 Å². The Balaban J connectivity index is 1.40. The smallest absolute Gasteiger partial charge is 0.0554 e. The molecule has 0 unspecified atom stereocenters. The summed E-state index contributed by atoms with van der Waals surface area (Å²) in [5.74, 6) is 1.12. The zero-order valence-corrected chi connectivity index (χ0v) is 19.4. The van der Waals surface area contributed by atoms with Crippen LogP contribution in [0.3, 0.4) is 0 Å². The SMILES string of the molecule is Cc1cc(-c2[nH]c3ccc(C4CCN(CC5(C)COC5)CC4)cc3c2C(C)C)ccn1. The number of pyridine rings is 1. The number of benzene rings is 1. The van der Waals surface area contributed by atoms with Crippen LogP contribution in [-0.4, -0.2) is 47.7 Å². The van der Waals surface area contributed by atoms with Gasteiger partial charge in [-0.2, -0.15) is 0 Å². The zero-order chi connectivity index (χ0) is 21.6. The summed E-state index contributed by atoms with van der Waals surface area (Å²) in [6.07, 6.45) is 4.41. The van der Waals surface area contributed by atoms with E-state index in [1.54, 1.807) is 0 Å². The second-order valence-electron chi connectivity index (χ2n) is 10.4. The highest BCUT2D eigenvalue weighted by molar-refractivity contribution is 5.92. The van der Waals surface area contributed by atoms with Crippen LogP contribution < -0.4 is 0 Å². The highest BCUT2D eigenvalue weighted by atomic mass is 16.5. The first-order chi connectivity index (χ1) is 14.9. The first-order valence-corrected chi connectivity index (χ1v) is 11.8. The highest BCUT2D eigenvalue weighted by Crippen LogP contribution is 2.38. The molecule has 4 heterocycles. The number of piperidine rings is 1. The number of nitrogens with zero attached hydrogens (tertiary/aromatic N) is 2. The lowest BCUT2D eigenvalue weighted by atomic mass is 9.84. The number of nitrogens with one attached hydrogen (secondary N) is 1. The summed E-state index contributed by atoms with van der Waals surface area (Å²) in [5, 5.41) is 1.39. The number of aryl methyl sites for hydroxylation is 1. The molecular formula is C27H35N3O. The van der Waals surface area contributed by atoms with Crippen LogP contribution in [0.15, 0.2) is 36.5 Å². The largest absolute Gasteiger partial charge is 0.380 e. The molecule has 4 nitrogen and oxygen atoms in total. The van der Waals surface area contributed by atoms with Gasteiger partial charge in [0.1, 0.15) is 0 Å². The Bertz CT molecular complexity index is 1070. The van der Waals surface area contributed by atoms with Crippen molar-refractivity contribution in [3.05, 3.63) is 53.3 Å². The number of aromatic amines is 1. The average Bonchev–Trinajstić information content (AvgIpc) is 3.12. The van der Waals surface area contributed by atoms with E-state index < -0.39 is 0 Å². The Morgan fingerprint density at radius 3 is 2.58 bits per heavy atom. The normalized spacial score (nSPS) is 19.8. The zero-order valence-electron chi connectivity index (χ0n) is 19.4. The maximum absolute atomic E-state index is 5.45. The van der Waals surface area contributed by atoms with Gasteiger partial charge in [0, 0.05) is 40.3 Å². The number of rotatable bonds is 5. The first-order valence-electron chi connectivity index (χ1n) is 11.8. The van der Waals surface area contributed by atoms with Crippen LogP contribution in [0.5, 0.6) is 0 Å². The van der Waals surface area contributed by atoms with Crippen molar-refractivity contribution in [2.24, 2.45) is 5.41 Å². The number of aromatic nitrogens is 2. The Morgan fingerprint density at radius 1 is 1.16 bits per heavy atom. The van der Waals surface area contributed by atoms with E-state index in [0.29, 0.717) is 17.3 Å². The second kappa shape index (κ2) is 8.07. The minimum atomic E-state index is 0.380. The molecule has 4 heteroatoms. The van der Waals surface area contributed by atoms with Crippen LogP contribution in [0.25, 0.3) is 22.2 Å². The molecule has 0 saturated carbocycles. The van der Waals surface area contributed by atoms with Crippen LogP contribution in [0.2, 0.25) is 0 Å². The van der Waals surface area contributed by atoms with Gasteiger partial charge in [-0.05, 0) is 80.1 Å². The van der Waals surface area contributed by atoms with E-state index in [1.165, 1.54) is 65.8 Å². The van der Waals surface area contributed by atoms with Crippen LogP contribution in [-0.2, 0) is 4.74 Å². The van der Waals surface area contributed by atoms with Crippen LogP contribution in [0.1, 0.15) is 62.3 Å². The molecule has 0 radical (unpaired) electrons. The predicted octanol–water partition coefficient (Wildman–Crippen LogP) is 5.88. The first kappa shape index (κ1) is 20.7. The number of H-pyrrole nitrogens is 1. The van der Waals surface area contributed by atoms with Gasteiger partial charge in [-0.15, -0.1) is 0 Å². The molecule has 0 aliphatic carbocycles. The molecule has 2 aliphatic heterocycles. The van der Waals surface area contributed by atoms with Crippen molar-refractivity contribution in [1.82, 2.24) is 14.9 Å². The molecule has 5 rings (SSSR count). The molecule has 0 bridgehead atoms. The van der Waals surface area contributed by atoms with Gasteiger partial charge in [-0.25, -0.2) is 0 Å². The molecule has 2 fully saturated rings. The quantitative estimate of drug-likeness (QED) is 0.564. The van der Waals surface area contributed by atoms with E-state index in [1.807, 2.05) is 6.20 Å². The lowest BCUT2D eigenvalue weighted by Crippen LogP contribution is -2.50. The number of hydrogen-bond donors (Lipinski definition) is 1. The molecule has 2 aliphatic rings. The van der Waals surface area contributed by atoms with Gasteiger partial charge in [0.15, 0.2) is 0 Å². The van der Waals surface area contributed by atoms with E-state index >= 15 is 0 Å². The lowest BCUT2D eigenvalue weighted by Gasteiger charge is -2.43. The summed E-state index contributed by atoms with van der Waals surface area (Å²) < 4.78 is 5.45. The predicted molar refractivity (Wildman–Crippen MR) is 128 cm³/mol. The third-order valence-electron chi connectivity index (χ3n) is 7.19. The summed E-state index contributed by atoms with van der Waals surface area (Å²) in [4.78, 5) is 10.7. The molecule has 164 valence electrons. The van der Waals surface area contributed by atoms with Crippen molar-refractivity contribution >= 4 is 10.9 Å². The molecule has 1 N–H and O–H groups in total. The molecular weight excluding hydrogens is 382 g/mol. The Labute approximate surface area is 186 Å².